The molecule has 1 amide bonds. The fraction of sp³-hybridized carbons (Fsp3) is 0.980. The number of nitrogens with one attached hydrogen (secondary N) is 1. The summed E-state index contributed by atoms with van der Waals surface area (Å²) < 4.78 is 44.7. The zero-order chi connectivity index (χ0) is 46.4. The van der Waals surface area contributed by atoms with Gasteiger partial charge in [0.2, 0.25) is 5.91 Å². The molecule has 1 fully saturated rings. The summed E-state index contributed by atoms with van der Waals surface area (Å²) in [5, 5.41) is 53.5. The minimum absolute atomic E-state index is 0.212. The van der Waals surface area contributed by atoms with Gasteiger partial charge in [-0.3, -0.25) is 9.35 Å². The second-order valence-corrected chi connectivity index (χ2v) is 20.5. The van der Waals surface area contributed by atoms with Crippen LogP contribution in [0.4, 0.5) is 0 Å². The Hall–Kier alpha value is -0.900. The zero-order valence-electron chi connectivity index (χ0n) is 40.3. The van der Waals surface area contributed by atoms with Gasteiger partial charge in [0, 0.05) is 6.42 Å². The maximum Gasteiger partial charge on any atom is 0.273 e. The minimum atomic E-state index is -4.98. The third kappa shape index (κ3) is 30.9. The Morgan fingerprint density at radius 3 is 1.27 bits per heavy atom. The van der Waals surface area contributed by atoms with Crippen LogP contribution in [0.5, 0.6) is 0 Å². The highest BCUT2D eigenvalue weighted by Crippen LogP contribution is 2.27. The molecule has 1 aliphatic heterocycles. The van der Waals surface area contributed by atoms with Crippen LogP contribution >= 0.6 is 0 Å². The molecule has 63 heavy (non-hydrogen) atoms. The smallest absolute Gasteiger partial charge is 0.273 e. The Balaban J connectivity index is 2.38. The molecule has 376 valence electrons. The number of rotatable bonds is 45. The second-order valence-electron chi connectivity index (χ2n) is 19.0. The topological polar surface area (TPSA) is 203 Å². The summed E-state index contributed by atoms with van der Waals surface area (Å²) in [6.45, 7) is 3.20. The van der Waals surface area contributed by atoms with Crippen molar-refractivity contribution in [3.63, 3.8) is 0 Å². The molecular weight excluding hydrogens is 823 g/mol. The molecular formula is C50H99NO11S. The van der Waals surface area contributed by atoms with E-state index in [1.54, 1.807) is 0 Å². The molecule has 1 aliphatic rings. The number of amides is 1. The van der Waals surface area contributed by atoms with Crippen molar-refractivity contribution >= 4 is 16.0 Å². The first-order chi connectivity index (χ1) is 30.5. The summed E-state index contributed by atoms with van der Waals surface area (Å²) in [7, 11) is -4.98. The van der Waals surface area contributed by atoms with Crippen molar-refractivity contribution in [2.45, 2.75) is 300 Å². The van der Waals surface area contributed by atoms with E-state index in [1.807, 2.05) is 0 Å². The molecule has 1 rings (SSSR count). The third-order valence-electron chi connectivity index (χ3n) is 13.1. The van der Waals surface area contributed by atoms with Crippen molar-refractivity contribution in [3.05, 3.63) is 0 Å². The van der Waals surface area contributed by atoms with Gasteiger partial charge >= 0.3 is 0 Å². The number of ether oxygens (including phenoxy) is 2. The number of carbonyl (C=O) groups excluding carboxylic acids is 1. The number of unbranched alkanes of at least 4 members (excludes halogenated alkanes) is 33. The van der Waals surface area contributed by atoms with E-state index in [-0.39, 0.29) is 12.3 Å². The Morgan fingerprint density at radius 2 is 0.921 bits per heavy atom. The maximum atomic E-state index is 13.1. The van der Waals surface area contributed by atoms with Gasteiger partial charge in [-0.1, -0.05) is 232 Å². The fourth-order valence-electron chi connectivity index (χ4n) is 8.95. The van der Waals surface area contributed by atoms with Crippen LogP contribution in [0.3, 0.4) is 0 Å². The Morgan fingerprint density at radius 1 is 0.571 bits per heavy atom. The van der Waals surface area contributed by atoms with Crippen LogP contribution in [-0.4, -0.2) is 106 Å². The highest BCUT2D eigenvalue weighted by molar-refractivity contribution is 7.86. The molecule has 1 heterocycles. The lowest BCUT2D eigenvalue weighted by Crippen LogP contribution is -2.62. The molecule has 13 heteroatoms. The Kier molecular flexibility index (Phi) is 38.4. The number of hydrogen-bond donors (Lipinski definition) is 7. The normalized spacial score (nSPS) is 20.8. The summed E-state index contributed by atoms with van der Waals surface area (Å²) in [6, 6.07) is -1.13. The summed E-state index contributed by atoms with van der Waals surface area (Å²) in [4.78, 5) is 13.1. The molecule has 1 saturated heterocycles. The molecule has 0 aromatic rings. The van der Waals surface area contributed by atoms with Crippen LogP contribution in [0.15, 0.2) is 0 Å². The highest BCUT2D eigenvalue weighted by atomic mass is 32.2. The number of aliphatic hydroxyl groups is 5. The average Bonchev–Trinajstić information content (AvgIpc) is 3.25. The van der Waals surface area contributed by atoms with E-state index < -0.39 is 71.4 Å². The lowest BCUT2D eigenvalue weighted by molar-refractivity contribution is -0.271. The van der Waals surface area contributed by atoms with E-state index in [1.165, 1.54) is 173 Å². The van der Waals surface area contributed by atoms with Gasteiger partial charge in [0.1, 0.15) is 29.7 Å². The number of carbonyl (C=O) groups is 1. The van der Waals surface area contributed by atoms with Crippen LogP contribution in [0.1, 0.15) is 251 Å². The molecule has 0 bridgehead atoms. The van der Waals surface area contributed by atoms with E-state index in [2.05, 4.69) is 19.2 Å². The molecule has 7 N–H and O–H groups in total. The van der Waals surface area contributed by atoms with Crippen molar-refractivity contribution in [1.82, 2.24) is 5.32 Å². The van der Waals surface area contributed by atoms with Gasteiger partial charge in [-0.15, -0.1) is 0 Å². The lowest BCUT2D eigenvalue weighted by atomic mass is 9.99. The molecule has 12 nitrogen and oxygen atoms in total. The van der Waals surface area contributed by atoms with Gasteiger partial charge in [0.05, 0.1) is 25.4 Å². The minimum Gasteiger partial charge on any atom is -0.394 e. The van der Waals surface area contributed by atoms with E-state index in [0.29, 0.717) is 19.3 Å². The summed E-state index contributed by atoms with van der Waals surface area (Å²) in [5.41, 5.74) is 0. The first-order valence-corrected chi connectivity index (χ1v) is 27.8. The monoisotopic (exact) mass is 922 g/mol. The first kappa shape index (κ1) is 60.1. The van der Waals surface area contributed by atoms with E-state index in [9.17, 15) is 43.3 Å². The van der Waals surface area contributed by atoms with Gasteiger partial charge in [-0.05, 0) is 12.8 Å². The molecule has 0 aromatic carbocycles. The number of aliphatic hydroxyl groups excluding tert-OH is 5. The van der Waals surface area contributed by atoms with Crippen molar-refractivity contribution < 1.29 is 52.8 Å². The SMILES string of the molecule is CCCCCCCCCCCCCCCCCCCCCCCCCC(=O)N[C@@H](CO[C@@H]1O[C@H](CO)[C@@H](O)[C@H](S(=O)(=O)O)[C@H]1O)[C@H](O)[C@H](O)CCCCCCCCCCCCCC. The predicted octanol–water partition coefficient (Wildman–Crippen LogP) is 10.4. The molecule has 0 aromatic heterocycles. The van der Waals surface area contributed by atoms with E-state index in [4.69, 9.17) is 9.47 Å². The molecule has 8 atom stereocenters. The van der Waals surface area contributed by atoms with Gasteiger partial charge < -0.3 is 40.3 Å². The quantitative estimate of drug-likeness (QED) is 0.0226. The summed E-state index contributed by atoms with van der Waals surface area (Å²) in [5.74, 6) is -0.340. The average molecular weight is 922 g/mol. The van der Waals surface area contributed by atoms with Crippen molar-refractivity contribution in [3.8, 4) is 0 Å². The van der Waals surface area contributed by atoms with Crippen LogP contribution < -0.4 is 5.32 Å². The largest absolute Gasteiger partial charge is 0.394 e. The Labute approximate surface area is 385 Å². The lowest BCUT2D eigenvalue weighted by Gasteiger charge is -2.41. The van der Waals surface area contributed by atoms with Crippen LogP contribution in [-0.2, 0) is 24.4 Å². The maximum absolute atomic E-state index is 13.1. The third-order valence-corrected chi connectivity index (χ3v) is 14.4. The molecule has 0 aliphatic carbocycles. The highest BCUT2D eigenvalue weighted by Gasteiger charge is 2.51. The molecule has 0 unspecified atom stereocenters. The van der Waals surface area contributed by atoms with Crippen LogP contribution in [0.25, 0.3) is 0 Å². The van der Waals surface area contributed by atoms with Crippen molar-refractivity contribution in [1.29, 1.82) is 0 Å². The van der Waals surface area contributed by atoms with Gasteiger partial charge in [-0.2, -0.15) is 8.42 Å². The van der Waals surface area contributed by atoms with Gasteiger partial charge in [0.15, 0.2) is 6.29 Å². The summed E-state index contributed by atoms with van der Waals surface area (Å²) >= 11 is 0. The molecule has 0 radical (unpaired) electrons. The zero-order valence-corrected chi connectivity index (χ0v) is 41.1. The van der Waals surface area contributed by atoms with Crippen LogP contribution in [0, 0.1) is 0 Å². The van der Waals surface area contributed by atoms with Crippen molar-refractivity contribution in [2.24, 2.45) is 0 Å². The van der Waals surface area contributed by atoms with Crippen LogP contribution in [0.2, 0.25) is 0 Å². The first-order valence-electron chi connectivity index (χ1n) is 26.3. The standard InChI is InChI=1S/C50H99NO11S/c1-3-5-7-9-11-13-15-17-18-19-20-21-22-23-24-25-26-27-29-31-33-35-37-39-45(54)51-42(41-61-50-48(57)49(63(58,59)60)47(56)44(40-52)62-50)46(55)43(53)38-36-34-32-30-28-16-14-12-10-8-6-4-2/h42-44,46-50,52-53,55-57H,3-41H2,1-2H3,(H,51,54)(H,58,59,60)/t42-,43+,44+,46-,47+,48+,49-,50+/m0/s1. The Bertz CT molecular complexity index is 1150. The predicted molar refractivity (Wildman–Crippen MR) is 255 cm³/mol. The number of hydrogen-bond acceptors (Lipinski definition) is 10. The fourth-order valence-corrected chi connectivity index (χ4v) is 9.96. The van der Waals surface area contributed by atoms with Gasteiger partial charge in [-0.25, -0.2) is 0 Å². The van der Waals surface area contributed by atoms with Gasteiger partial charge in [0.25, 0.3) is 10.1 Å². The van der Waals surface area contributed by atoms with Crippen molar-refractivity contribution in [2.75, 3.05) is 13.2 Å². The summed E-state index contributed by atoms with van der Waals surface area (Å²) in [6.07, 6.45) is 34.2. The second kappa shape index (κ2) is 40.2. The molecule has 0 spiro atoms. The van der Waals surface area contributed by atoms with E-state index in [0.717, 1.165) is 38.5 Å². The van der Waals surface area contributed by atoms with E-state index >= 15 is 0 Å². The molecule has 0 saturated carbocycles.